The van der Waals surface area contributed by atoms with Gasteiger partial charge in [-0.2, -0.15) is 0 Å². The number of carbonyl (C=O) groups is 1. The van der Waals surface area contributed by atoms with E-state index >= 15 is 0 Å². The van der Waals surface area contributed by atoms with Crippen molar-refractivity contribution in [2.75, 3.05) is 6.61 Å². The van der Waals surface area contributed by atoms with E-state index in [2.05, 4.69) is 9.97 Å². The van der Waals surface area contributed by atoms with Crippen molar-refractivity contribution in [2.45, 2.75) is 6.92 Å². The molecule has 0 saturated heterocycles. The fourth-order valence-corrected chi connectivity index (χ4v) is 2.12. The van der Waals surface area contributed by atoms with Gasteiger partial charge in [-0.25, -0.2) is 14.8 Å². The van der Waals surface area contributed by atoms with Gasteiger partial charge in [0.15, 0.2) is 3.83 Å². The minimum Gasteiger partial charge on any atom is -0.462 e. The van der Waals surface area contributed by atoms with Gasteiger partial charge in [0, 0.05) is 28.8 Å². The van der Waals surface area contributed by atoms with Crippen molar-refractivity contribution in [3.05, 3.63) is 19.3 Å². The quantitative estimate of drug-likeness (QED) is 0.327. The summed E-state index contributed by atoms with van der Waals surface area (Å²) in [4.78, 5) is 19.2. The highest BCUT2D eigenvalue weighted by atomic mass is 127. The Morgan fingerprint density at radius 1 is 1.62 bits per heavy atom. The topological polar surface area (TPSA) is 52.1 Å². The second kappa shape index (κ2) is 5.03. The molecule has 1 aromatic rings. The molecule has 70 valence electrons. The predicted octanol–water partition coefficient (Wildman–Crippen LogP) is 1.86. The van der Waals surface area contributed by atoms with E-state index in [1.807, 2.05) is 45.2 Å². The smallest absolute Gasteiger partial charge is 0.342 e. The van der Waals surface area contributed by atoms with Gasteiger partial charge in [0.25, 0.3) is 0 Å². The van der Waals surface area contributed by atoms with Gasteiger partial charge in [-0.05, 0) is 29.5 Å². The number of aromatic nitrogens is 2. The fourth-order valence-electron chi connectivity index (χ4n) is 0.687. The van der Waals surface area contributed by atoms with E-state index < -0.39 is 0 Å². The van der Waals surface area contributed by atoms with Gasteiger partial charge >= 0.3 is 5.97 Å². The molecule has 0 aromatic carbocycles. The molecule has 0 N–H and O–H groups in total. The average molecular weight is 404 g/mol. The maximum atomic E-state index is 11.3. The van der Waals surface area contributed by atoms with Crippen molar-refractivity contribution in [3.8, 4) is 0 Å². The number of hydrogen-bond acceptors (Lipinski definition) is 4. The van der Waals surface area contributed by atoms with Crippen molar-refractivity contribution < 1.29 is 9.53 Å². The molecule has 1 heterocycles. The highest BCUT2D eigenvalue weighted by Gasteiger charge is 2.12. The molecule has 4 nitrogen and oxygen atoms in total. The number of carbonyl (C=O) groups excluding carboxylic acids is 1. The number of halogens is 2. The number of nitrogens with zero attached hydrogens (tertiary/aromatic N) is 2. The van der Waals surface area contributed by atoms with Crippen LogP contribution in [0.25, 0.3) is 0 Å². The van der Waals surface area contributed by atoms with Gasteiger partial charge in [-0.15, -0.1) is 0 Å². The Morgan fingerprint density at radius 2 is 2.31 bits per heavy atom. The van der Waals surface area contributed by atoms with E-state index in [4.69, 9.17) is 4.74 Å². The third-order valence-corrected chi connectivity index (χ3v) is 2.55. The third kappa shape index (κ3) is 3.01. The molecule has 0 aliphatic carbocycles. The van der Waals surface area contributed by atoms with Crippen LogP contribution in [0.5, 0.6) is 0 Å². The van der Waals surface area contributed by atoms with E-state index in [-0.39, 0.29) is 5.97 Å². The first-order chi connectivity index (χ1) is 6.15. The van der Waals surface area contributed by atoms with Crippen LogP contribution in [0.2, 0.25) is 0 Å². The maximum absolute atomic E-state index is 11.3. The van der Waals surface area contributed by atoms with Crippen molar-refractivity contribution in [2.24, 2.45) is 0 Å². The summed E-state index contributed by atoms with van der Waals surface area (Å²) in [5.41, 5.74) is 0.419. The van der Waals surface area contributed by atoms with Crippen molar-refractivity contribution in [1.82, 2.24) is 9.97 Å². The number of ether oxygens (including phenoxy) is 1. The Morgan fingerprint density at radius 3 is 2.85 bits per heavy atom. The molecule has 0 atom stereocenters. The lowest BCUT2D eigenvalue weighted by Crippen LogP contribution is -2.09. The largest absolute Gasteiger partial charge is 0.462 e. The van der Waals surface area contributed by atoms with Gasteiger partial charge in [-0.1, -0.05) is 0 Å². The van der Waals surface area contributed by atoms with E-state index in [0.29, 0.717) is 19.7 Å². The summed E-state index contributed by atoms with van der Waals surface area (Å²) in [5, 5.41) is 0. The summed E-state index contributed by atoms with van der Waals surface area (Å²) in [6.45, 7) is 2.12. The lowest BCUT2D eigenvalue weighted by atomic mass is 10.3. The highest BCUT2D eigenvalue weighted by molar-refractivity contribution is 14.1. The summed E-state index contributed by atoms with van der Waals surface area (Å²) in [6, 6.07) is 0. The molecule has 13 heavy (non-hydrogen) atoms. The highest BCUT2D eigenvalue weighted by Crippen LogP contribution is 2.10. The van der Waals surface area contributed by atoms with Crippen LogP contribution >= 0.6 is 45.2 Å². The number of rotatable bonds is 2. The molecule has 1 aromatic heterocycles. The van der Waals surface area contributed by atoms with E-state index in [1.165, 1.54) is 6.20 Å². The van der Waals surface area contributed by atoms with Crippen molar-refractivity contribution in [3.63, 3.8) is 0 Å². The van der Waals surface area contributed by atoms with E-state index in [9.17, 15) is 4.79 Å². The predicted molar refractivity (Wildman–Crippen MR) is 63.4 cm³/mol. The zero-order chi connectivity index (χ0) is 9.84. The monoisotopic (exact) mass is 404 g/mol. The molecule has 0 aliphatic heterocycles. The Balaban J connectivity index is 2.95. The Bertz CT molecular complexity index is 330. The Labute approximate surface area is 103 Å². The molecule has 0 radical (unpaired) electrons. The third-order valence-electron chi connectivity index (χ3n) is 1.21. The zero-order valence-electron chi connectivity index (χ0n) is 6.75. The van der Waals surface area contributed by atoms with Gasteiger partial charge < -0.3 is 4.74 Å². The van der Waals surface area contributed by atoms with Gasteiger partial charge in [0.05, 0.1) is 6.61 Å². The number of esters is 1. The molecule has 0 fully saturated rings. The molecule has 0 aliphatic rings. The van der Waals surface area contributed by atoms with Crippen LogP contribution in [0.15, 0.2) is 6.20 Å². The Kier molecular flexibility index (Phi) is 4.29. The molecule has 0 spiro atoms. The molecule has 0 saturated carbocycles. The second-order valence-corrected chi connectivity index (χ2v) is 4.05. The maximum Gasteiger partial charge on any atom is 0.342 e. The van der Waals surface area contributed by atoms with Crippen molar-refractivity contribution in [1.29, 1.82) is 0 Å². The normalized spacial score (nSPS) is 9.77. The first-order valence-corrected chi connectivity index (χ1v) is 5.66. The number of hydrogen-bond donors (Lipinski definition) is 0. The van der Waals surface area contributed by atoms with Crippen LogP contribution in [0, 0.1) is 7.53 Å². The molecular weight excluding hydrogens is 398 g/mol. The van der Waals surface area contributed by atoms with E-state index in [1.54, 1.807) is 6.92 Å². The second-order valence-electron chi connectivity index (χ2n) is 2.06. The van der Waals surface area contributed by atoms with Crippen LogP contribution in [-0.4, -0.2) is 22.5 Å². The Hall–Kier alpha value is 0.01000. The molecule has 0 bridgehead atoms. The summed E-state index contributed by atoms with van der Waals surface area (Å²) in [6.07, 6.45) is 1.48. The average Bonchev–Trinajstić information content (AvgIpc) is 2.04. The summed E-state index contributed by atoms with van der Waals surface area (Å²) < 4.78 is 6.06. The zero-order valence-corrected chi connectivity index (χ0v) is 11.1. The van der Waals surface area contributed by atoms with Crippen LogP contribution < -0.4 is 0 Å². The molecular formula is C7H6I2N2O2. The van der Waals surface area contributed by atoms with Crippen LogP contribution in [0.1, 0.15) is 17.3 Å². The standard InChI is InChI=1S/C7H6I2N2O2/c1-2-13-6(12)4-3-10-7(9)11-5(4)8/h3H,2H2,1H3. The van der Waals surface area contributed by atoms with E-state index in [0.717, 1.165) is 0 Å². The van der Waals surface area contributed by atoms with Gasteiger partial charge in [0.1, 0.15) is 9.26 Å². The lowest BCUT2D eigenvalue weighted by Gasteiger charge is -2.02. The minimum atomic E-state index is -0.372. The lowest BCUT2D eigenvalue weighted by molar-refractivity contribution is 0.0524. The minimum absolute atomic E-state index is 0.362. The first-order valence-electron chi connectivity index (χ1n) is 3.50. The van der Waals surface area contributed by atoms with Crippen LogP contribution in [0.4, 0.5) is 0 Å². The van der Waals surface area contributed by atoms with Gasteiger partial charge in [0.2, 0.25) is 0 Å². The first kappa shape index (κ1) is 11.1. The fraction of sp³-hybridized carbons (Fsp3) is 0.286. The molecule has 6 heteroatoms. The summed E-state index contributed by atoms with van der Waals surface area (Å²) in [5.74, 6) is -0.372. The molecule has 1 rings (SSSR count). The van der Waals surface area contributed by atoms with Crippen LogP contribution in [-0.2, 0) is 4.74 Å². The van der Waals surface area contributed by atoms with Crippen LogP contribution in [0.3, 0.4) is 0 Å². The van der Waals surface area contributed by atoms with Crippen molar-refractivity contribution >= 4 is 51.2 Å². The summed E-state index contributed by atoms with van der Waals surface area (Å²) in [7, 11) is 0. The SMILES string of the molecule is CCOC(=O)c1cnc(I)nc1I. The van der Waals surface area contributed by atoms with Gasteiger partial charge in [-0.3, -0.25) is 0 Å². The molecule has 0 amide bonds. The molecule has 0 unspecified atom stereocenters. The summed E-state index contributed by atoms with van der Waals surface area (Å²) >= 11 is 3.97.